The number of amides is 1. The molecule has 0 fully saturated rings. The monoisotopic (exact) mass is 498 g/mol. The second-order valence-corrected chi connectivity index (χ2v) is 8.24. The molecule has 4 rings (SSSR count). The summed E-state index contributed by atoms with van der Waals surface area (Å²) in [6, 6.07) is 25.9. The van der Waals surface area contributed by atoms with E-state index in [-0.39, 0.29) is 11.9 Å². The molecule has 1 unspecified atom stereocenters. The molecular formula is C26H25F3N4O3. The summed E-state index contributed by atoms with van der Waals surface area (Å²) in [4.78, 5) is 30.4. The number of alkyl halides is 3. The number of nitrogens with two attached hydrogens (primary N) is 1. The maximum absolute atomic E-state index is 13.3. The molecule has 0 aliphatic carbocycles. The van der Waals surface area contributed by atoms with Gasteiger partial charge in [-0.1, -0.05) is 60.7 Å². The maximum Gasteiger partial charge on any atom is 0.490 e. The highest BCUT2D eigenvalue weighted by atomic mass is 19.4. The molecule has 10 heteroatoms. The van der Waals surface area contributed by atoms with Crippen LogP contribution in [0.25, 0.3) is 11.1 Å². The van der Waals surface area contributed by atoms with Crippen LogP contribution in [0.5, 0.6) is 0 Å². The van der Waals surface area contributed by atoms with Gasteiger partial charge in [-0.15, -0.1) is 0 Å². The van der Waals surface area contributed by atoms with Crippen molar-refractivity contribution in [1.82, 2.24) is 4.90 Å². The van der Waals surface area contributed by atoms with E-state index in [1.54, 1.807) is 7.05 Å². The lowest BCUT2D eigenvalue weighted by Crippen LogP contribution is -2.41. The summed E-state index contributed by atoms with van der Waals surface area (Å²) in [7, 11) is 5.70. The summed E-state index contributed by atoms with van der Waals surface area (Å²) < 4.78 is 31.7. The molecule has 1 heterocycles. The first-order valence-corrected chi connectivity index (χ1v) is 10.8. The van der Waals surface area contributed by atoms with E-state index in [9.17, 15) is 18.0 Å². The molecule has 0 saturated carbocycles. The quantitative estimate of drug-likeness (QED) is 0.565. The number of carbonyl (C=O) groups excluding carboxylic acids is 1. The molecule has 0 radical (unpaired) electrons. The van der Waals surface area contributed by atoms with E-state index in [4.69, 9.17) is 15.6 Å². The van der Waals surface area contributed by atoms with Gasteiger partial charge < -0.3 is 15.7 Å². The Morgan fingerprint density at radius 3 is 1.97 bits per heavy atom. The van der Waals surface area contributed by atoms with Gasteiger partial charge in [0.15, 0.2) is 11.5 Å². The van der Waals surface area contributed by atoms with Gasteiger partial charge in [0.05, 0.1) is 0 Å². The highest BCUT2D eigenvalue weighted by molar-refractivity contribution is 6.09. The number of halogens is 3. The van der Waals surface area contributed by atoms with E-state index in [0.717, 1.165) is 27.9 Å². The molecule has 1 aliphatic rings. The van der Waals surface area contributed by atoms with Crippen LogP contribution in [0.2, 0.25) is 0 Å². The van der Waals surface area contributed by atoms with E-state index in [0.29, 0.717) is 0 Å². The molecule has 7 nitrogen and oxygen atoms in total. The first-order valence-electron chi connectivity index (χ1n) is 10.8. The number of carboxylic acids is 1. The minimum Gasteiger partial charge on any atom is -0.475 e. The van der Waals surface area contributed by atoms with Gasteiger partial charge in [-0.05, 0) is 40.5 Å². The number of hydrogen-bond acceptors (Lipinski definition) is 5. The van der Waals surface area contributed by atoms with Crippen LogP contribution in [0, 0.1) is 0 Å². The number of carbonyl (C=O) groups is 2. The van der Waals surface area contributed by atoms with Gasteiger partial charge in [0.25, 0.3) is 5.91 Å². The average molecular weight is 499 g/mol. The molecule has 0 bridgehead atoms. The number of nitrogens with zero attached hydrogens (tertiary/aromatic N) is 3. The molecule has 0 spiro atoms. The summed E-state index contributed by atoms with van der Waals surface area (Å²) in [6.45, 7) is 0. The highest BCUT2D eigenvalue weighted by Gasteiger charge is 2.49. The summed E-state index contributed by atoms with van der Waals surface area (Å²) in [5, 5.41) is 7.12. The molecule has 3 aromatic rings. The van der Waals surface area contributed by atoms with Gasteiger partial charge in [-0.2, -0.15) is 13.2 Å². The number of aliphatic imine (C=N–C) groups is 1. The Labute approximate surface area is 206 Å². The Morgan fingerprint density at radius 2 is 1.50 bits per heavy atom. The summed E-state index contributed by atoms with van der Waals surface area (Å²) in [5.74, 6) is -2.69. The molecule has 1 amide bonds. The van der Waals surface area contributed by atoms with Crippen LogP contribution in [-0.4, -0.2) is 55.2 Å². The fraction of sp³-hybridized carbons (Fsp3) is 0.192. The van der Waals surface area contributed by atoms with Crippen LogP contribution in [0.3, 0.4) is 0 Å². The number of likely N-dealkylation sites (N-methyl/N-ethyl adjacent to an activating group) is 1. The molecule has 1 aliphatic heterocycles. The van der Waals surface area contributed by atoms with Crippen LogP contribution in [0.1, 0.15) is 11.1 Å². The molecular weight excluding hydrogens is 473 g/mol. The Morgan fingerprint density at radius 1 is 0.944 bits per heavy atom. The molecule has 0 saturated heterocycles. The van der Waals surface area contributed by atoms with Crippen molar-refractivity contribution in [3.63, 3.8) is 0 Å². The van der Waals surface area contributed by atoms with E-state index in [1.165, 1.54) is 4.90 Å². The van der Waals surface area contributed by atoms with Crippen molar-refractivity contribution in [2.45, 2.75) is 11.7 Å². The number of rotatable bonds is 4. The zero-order valence-corrected chi connectivity index (χ0v) is 19.8. The number of benzene rings is 3. The van der Waals surface area contributed by atoms with E-state index >= 15 is 0 Å². The van der Waals surface area contributed by atoms with E-state index in [1.807, 2.05) is 68.7 Å². The third-order valence-electron chi connectivity index (χ3n) is 5.67. The van der Waals surface area contributed by atoms with Crippen molar-refractivity contribution in [3.8, 4) is 11.1 Å². The Bertz CT molecular complexity index is 1280. The standard InChI is InChI=1S/C24H24N4O.C2HF3O2/c1-27(2)21-14-12-17(13-15-21)18-8-7-11-20(16-18)24(19-9-5-4-6-10-19)22(29)28(3)23(25)26-24;3-2(4,5)1(6)7/h4-16H,1-3H3,(H2,25,26);(H,6,7). The fourth-order valence-corrected chi connectivity index (χ4v) is 3.74. The highest BCUT2D eigenvalue weighted by Crippen LogP contribution is 2.40. The Hall–Kier alpha value is -4.34. The number of anilines is 1. The molecule has 36 heavy (non-hydrogen) atoms. The van der Waals surface area contributed by atoms with Gasteiger partial charge in [-0.3, -0.25) is 9.69 Å². The van der Waals surface area contributed by atoms with Gasteiger partial charge in [-0.25, -0.2) is 9.79 Å². The number of carboxylic acid groups (broad SMARTS) is 1. The van der Waals surface area contributed by atoms with Crippen molar-refractivity contribution < 1.29 is 27.9 Å². The predicted molar refractivity (Wildman–Crippen MR) is 132 cm³/mol. The summed E-state index contributed by atoms with van der Waals surface area (Å²) >= 11 is 0. The maximum atomic E-state index is 13.3. The zero-order chi connectivity index (χ0) is 26.7. The van der Waals surface area contributed by atoms with Gasteiger partial charge in [0, 0.05) is 26.8 Å². The smallest absolute Gasteiger partial charge is 0.475 e. The van der Waals surface area contributed by atoms with Crippen molar-refractivity contribution in [2.75, 3.05) is 26.0 Å². The lowest BCUT2D eigenvalue weighted by molar-refractivity contribution is -0.192. The number of guanidine groups is 1. The summed E-state index contributed by atoms with van der Waals surface area (Å²) in [5.41, 5.74) is 9.74. The van der Waals surface area contributed by atoms with Crippen molar-refractivity contribution in [2.24, 2.45) is 10.7 Å². The predicted octanol–water partition coefficient (Wildman–Crippen LogP) is 4.08. The Balaban J connectivity index is 0.000000454. The fourth-order valence-electron chi connectivity index (χ4n) is 3.74. The Kier molecular flexibility index (Phi) is 7.37. The molecule has 3 N–H and O–H groups in total. The SMILES string of the molecule is CN1C(=O)C(c2ccccc2)(c2cccc(-c3ccc(N(C)C)cc3)c2)N=C1N.O=C(O)C(F)(F)F. The second kappa shape index (κ2) is 10.1. The third-order valence-corrected chi connectivity index (χ3v) is 5.67. The van der Waals surface area contributed by atoms with Crippen LogP contribution in [0.4, 0.5) is 18.9 Å². The van der Waals surface area contributed by atoms with Crippen LogP contribution >= 0.6 is 0 Å². The largest absolute Gasteiger partial charge is 0.490 e. The number of hydrogen-bond donors (Lipinski definition) is 2. The van der Waals surface area contributed by atoms with Crippen LogP contribution < -0.4 is 10.6 Å². The van der Waals surface area contributed by atoms with Crippen LogP contribution in [0.15, 0.2) is 83.9 Å². The summed E-state index contributed by atoms with van der Waals surface area (Å²) in [6.07, 6.45) is -5.08. The van der Waals surface area contributed by atoms with Gasteiger partial charge >= 0.3 is 12.1 Å². The minimum atomic E-state index is -5.08. The topological polar surface area (TPSA) is 99.2 Å². The molecule has 0 aromatic heterocycles. The van der Waals surface area contributed by atoms with E-state index in [2.05, 4.69) is 34.2 Å². The van der Waals surface area contributed by atoms with Crippen molar-refractivity contribution >= 4 is 23.5 Å². The van der Waals surface area contributed by atoms with Crippen molar-refractivity contribution in [3.05, 3.63) is 90.0 Å². The van der Waals surface area contributed by atoms with Crippen LogP contribution in [-0.2, 0) is 15.1 Å². The number of aliphatic carboxylic acids is 1. The lowest BCUT2D eigenvalue weighted by Gasteiger charge is -2.26. The normalized spacial score (nSPS) is 17.2. The van der Waals surface area contributed by atoms with Crippen molar-refractivity contribution in [1.29, 1.82) is 0 Å². The first-order chi connectivity index (χ1) is 16.9. The molecule has 3 aromatic carbocycles. The zero-order valence-electron chi connectivity index (χ0n) is 19.8. The third kappa shape index (κ3) is 5.17. The van der Waals surface area contributed by atoms with E-state index < -0.39 is 17.7 Å². The lowest BCUT2D eigenvalue weighted by atomic mass is 9.82. The average Bonchev–Trinajstić information content (AvgIpc) is 3.09. The first kappa shape index (κ1) is 26.3. The van der Waals surface area contributed by atoms with Gasteiger partial charge in [0.2, 0.25) is 0 Å². The molecule has 1 atom stereocenters. The minimum absolute atomic E-state index is 0.152. The second-order valence-electron chi connectivity index (χ2n) is 8.24. The van der Waals surface area contributed by atoms with Gasteiger partial charge in [0.1, 0.15) is 0 Å². The molecule has 188 valence electrons.